The van der Waals surface area contributed by atoms with Gasteiger partial charge in [-0.3, -0.25) is 9.97 Å². The minimum absolute atomic E-state index is 0.0134. The summed E-state index contributed by atoms with van der Waals surface area (Å²) >= 11 is 0. The summed E-state index contributed by atoms with van der Waals surface area (Å²) in [5.41, 5.74) is 0. The van der Waals surface area contributed by atoms with E-state index in [2.05, 4.69) is 19.7 Å². The van der Waals surface area contributed by atoms with Crippen LogP contribution in [-0.2, 0) is 10.0 Å². The number of methoxy groups -OCH3 is 1. The molecule has 0 aromatic carbocycles. The van der Waals surface area contributed by atoms with Crippen LogP contribution in [0.1, 0.15) is 25.7 Å². The monoisotopic (exact) mass is 364 g/mol. The maximum absolute atomic E-state index is 12.3. The molecule has 9 heteroatoms. The molecule has 1 aliphatic carbocycles. The van der Waals surface area contributed by atoms with Crippen molar-refractivity contribution < 1.29 is 17.9 Å². The molecule has 2 aromatic heterocycles. The van der Waals surface area contributed by atoms with Crippen molar-refractivity contribution in [2.24, 2.45) is 0 Å². The summed E-state index contributed by atoms with van der Waals surface area (Å²) in [4.78, 5) is 12.2. The number of sulfonamides is 1. The fourth-order valence-corrected chi connectivity index (χ4v) is 4.02. The summed E-state index contributed by atoms with van der Waals surface area (Å²) in [5.74, 6) is 0.814. The van der Waals surface area contributed by atoms with Crippen LogP contribution in [0, 0.1) is 0 Å². The minimum atomic E-state index is -3.54. The van der Waals surface area contributed by atoms with Gasteiger partial charge < -0.3 is 9.47 Å². The Balaban J connectivity index is 1.53. The summed E-state index contributed by atoms with van der Waals surface area (Å²) in [5, 5.41) is 0. The van der Waals surface area contributed by atoms with E-state index in [0.29, 0.717) is 24.6 Å². The fraction of sp³-hybridized carbons (Fsp3) is 0.438. The Labute approximate surface area is 146 Å². The Bertz CT molecular complexity index is 793. The van der Waals surface area contributed by atoms with Crippen LogP contribution in [0.3, 0.4) is 0 Å². The average molecular weight is 364 g/mol. The standard InChI is InChI=1S/C16H20N4O4S/c1-23-15-10-18-11-16(19-15)24-13-6-4-12(5-7-13)20-25(21,22)14-3-2-8-17-9-14/h2-3,8-13,20H,4-7H2,1H3. The molecule has 2 aromatic rings. The minimum Gasteiger partial charge on any atom is -0.480 e. The number of pyridine rings is 1. The van der Waals surface area contributed by atoms with Gasteiger partial charge >= 0.3 is 0 Å². The van der Waals surface area contributed by atoms with Crippen molar-refractivity contribution in [3.05, 3.63) is 36.9 Å². The highest BCUT2D eigenvalue weighted by molar-refractivity contribution is 7.89. The maximum Gasteiger partial charge on any atom is 0.242 e. The zero-order chi connectivity index (χ0) is 17.7. The lowest BCUT2D eigenvalue weighted by Crippen LogP contribution is -2.39. The van der Waals surface area contributed by atoms with Crippen molar-refractivity contribution in [1.29, 1.82) is 0 Å². The van der Waals surface area contributed by atoms with E-state index < -0.39 is 10.0 Å². The molecule has 0 atom stereocenters. The second kappa shape index (κ2) is 7.75. The Morgan fingerprint density at radius 1 is 1.08 bits per heavy atom. The smallest absolute Gasteiger partial charge is 0.242 e. The fourth-order valence-electron chi connectivity index (χ4n) is 2.75. The first-order valence-corrected chi connectivity index (χ1v) is 9.50. The molecule has 0 bridgehead atoms. The van der Waals surface area contributed by atoms with E-state index in [9.17, 15) is 8.42 Å². The molecule has 1 N–H and O–H groups in total. The van der Waals surface area contributed by atoms with Crippen molar-refractivity contribution in [3.63, 3.8) is 0 Å². The van der Waals surface area contributed by atoms with Crippen LogP contribution in [0.5, 0.6) is 11.8 Å². The lowest BCUT2D eigenvalue weighted by Gasteiger charge is -2.28. The van der Waals surface area contributed by atoms with E-state index >= 15 is 0 Å². The van der Waals surface area contributed by atoms with Gasteiger partial charge in [-0.1, -0.05) is 0 Å². The first-order chi connectivity index (χ1) is 12.1. The Morgan fingerprint density at radius 2 is 1.84 bits per heavy atom. The van der Waals surface area contributed by atoms with Gasteiger partial charge in [0.15, 0.2) is 0 Å². The summed E-state index contributed by atoms with van der Waals surface area (Å²) in [6, 6.07) is 3.03. The number of nitrogens with one attached hydrogen (secondary N) is 1. The zero-order valence-electron chi connectivity index (χ0n) is 13.8. The molecule has 0 saturated heterocycles. The third-order valence-corrected chi connectivity index (χ3v) is 5.53. The number of rotatable bonds is 6. The van der Waals surface area contributed by atoms with E-state index in [1.165, 1.54) is 25.6 Å². The number of hydrogen-bond donors (Lipinski definition) is 1. The molecule has 1 saturated carbocycles. The topological polar surface area (TPSA) is 103 Å². The molecule has 1 aliphatic rings. The molecule has 0 aliphatic heterocycles. The quantitative estimate of drug-likeness (QED) is 0.829. The maximum atomic E-state index is 12.3. The Kier molecular flexibility index (Phi) is 5.44. The van der Waals surface area contributed by atoms with E-state index in [0.717, 1.165) is 12.8 Å². The molecule has 1 fully saturated rings. The van der Waals surface area contributed by atoms with Crippen LogP contribution in [0.15, 0.2) is 41.8 Å². The molecule has 0 amide bonds. The Hall–Kier alpha value is -2.26. The molecule has 3 rings (SSSR count). The Morgan fingerprint density at radius 3 is 2.52 bits per heavy atom. The van der Waals surface area contributed by atoms with Gasteiger partial charge in [0.05, 0.1) is 19.5 Å². The predicted molar refractivity (Wildman–Crippen MR) is 89.8 cm³/mol. The van der Waals surface area contributed by atoms with Gasteiger partial charge in [0.1, 0.15) is 11.0 Å². The normalized spacial score (nSPS) is 20.8. The number of aromatic nitrogens is 3. The molecular weight excluding hydrogens is 344 g/mol. The SMILES string of the molecule is COc1cncc(OC2CCC(NS(=O)(=O)c3cccnc3)CC2)n1. The van der Waals surface area contributed by atoms with Crippen LogP contribution in [0.4, 0.5) is 0 Å². The van der Waals surface area contributed by atoms with Crippen molar-refractivity contribution in [2.45, 2.75) is 42.7 Å². The van der Waals surface area contributed by atoms with Gasteiger partial charge in [-0.2, -0.15) is 4.98 Å². The first kappa shape index (κ1) is 17.6. The van der Waals surface area contributed by atoms with E-state index in [4.69, 9.17) is 9.47 Å². The van der Waals surface area contributed by atoms with Crippen molar-refractivity contribution in [3.8, 4) is 11.8 Å². The second-order valence-corrected chi connectivity index (χ2v) is 7.52. The van der Waals surface area contributed by atoms with E-state index in [1.807, 2.05) is 0 Å². The van der Waals surface area contributed by atoms with Crippen LogP contribution in [-0.4, -0.2) is 42.6 Å². The highest BCUT2D eigenvalue weighted by atomic mass is 32.2. The molecule has 0 unspecified atom stereocenters. The van der Waals surface area contributed by atoms with Crippen LogP contribution >= 0.6 is 0 Å². The third-order valence-electron chi connectivity index (χ3n) is 4.03. The number of nitrogens with zero attached hydrogens (tertiary/aromatic N) is 3. The molecule has 0 radical (unpaired) electrons. The van der Waals surface area contributed by atoms with Crippen LogP contribution in [0.25, 0.3) is 0 Å². The van der Waals surface area contributed by atoms with Gasteiger partial charge in [-0.25, -0.2) is 13.1 Å². The molecular formula is C16H20N4O4S. The van der Waals surface area contributed by atoms with E-state index in [-0.39, 0.29) is 17.0 Å². The van der Waals surface area contributed by atoms with Gasteiger partial charge in [0, 0.05) is 18.4 Å². The van der Waals surface area contributed by atoms with Gasteiger partial charge in [0.25, 0.3) is 0 Å². The summed E-state index contributed by atoms with van der Waals surface area (Å²) in [6.45, 7) is 0. The third kappa shape index (κ3) is 4.64. The average Bonchev–Trinajstić information content (AvgIpc) is 2.64. The van der Waals surface area contributed by atoms with Crippen LogP contribution in [0.2, 0.25) is 0 Å². The van der Waals surface area contributed by atoms with Crippen molar-refractivity contribution >= 4 is 10.0 Å². The molecule has 25 heavy (non-hydrogen) atoms. The van der Waals surface area contributed by atoms with Crippen molar-refractivity contribution in [1.82, 2.24) is 19.7 Å². The van der Waals surface area contributed by atoms with Crippen molar-refractivity contribution in [2.75, 3.05) is 7.11 Å². The molecule has 8 nitrogen and oxygen atoms in total. The highest BCUT2D eigenvalue weighted by Crippen LogP contribution is 2.24. The van der Waals surface area contributed by atoms with Gasteiger partial charge in [-0.15, -0.1) is 0 Å². The summed E-state index contributed by atoms with van der Waals surface area (Å²) in [6.07, 6.45) is 8.79. The number of hydrogen-bond acceptors (Lipinski definition) is 7. The number of ether oxygens (including phenoxy) is 2. The summed E-state index contributed by atoms with van der Waals surface area (Å²) in [7, 11) is -2.02. The first-order valence-electron chi connectivity index (χ1n) is 8.02. The zero-order valence-corrected chi connectivity index (χ0v) is 14.6. The molecule has 0 spiro atoms. The lowest BCUT2D eigenvalue weighted by atomic mass is 9.94. The largest absolute Gasteiger partial charge is 0.480 e. The highest BCUT2D eigenvalue weighted by Gasteiger charge is 2.27. The predicted octanol–water partition coefficient (Wildman–Crippen LogP) is 1.55. The molecule has 2 heterocycles. The second-order valence-electron chi connectivity index (χ2n) is 5.80. The van der Waals surface area contributed by atoms with E-state index in [1.54, 1.807) is 18.5 Å². The molecule has 134 valence electrons. The summed E-state index contributed by atoms with van der Waals surface area (Å²) < 4.78 is 38.2. The van der Waals surface area contributed by atoms with Crippen LogP contribution < -0.4 is 14.2 Å². The van der Waals surface area contributed by atoms with Gasteiger partial charge in [-0.05, 0) is 37.8 Å². The van der Waals surface area contributed by atoms with Gasteiger partial charge in [0.2, 0.25) is 21.8 Å². The lowest BCUT2D eigenvalue weighted by molar-refractivity contribution is 0.136.